The summed E-state index contributed by atoms with van der Waals surface area (Å²) < 4.78 is 5.37. The zero-order valence-corrected chi connectivity index (χ0v) is 9.60. The summed E-state index contributed by atoms with van der Waals surface area (Å²) in [5, 5.41) is 10.1. The number of aromatic carboxylic acids is 1. The lowest BCUT2D eigenvalue weighted by Crippen LogP contribution is -1.98. The SMILES string of the molecule is Cc1nc(C(=O)O)c(-c2cc3ccccc3[nH]2)o1. The van der Waals surface area contributed by atoms with Crippen LogP contribution in [0.4, 0.5) is 0 Å². The van der Waals surface area contributed by atoms with E-state index in [2.05, 4.69) is 9.97 Å². The summed E-state index contributed by atoms with van der Waals surface area (Å²) in [5.74, 6) is -0.502. The van der Waals surface area contributed by atoms with Gasteiger partial charge in [-0.3, -0.25) is 0 Å². The van der Waals surface area contributed by atoms with Gasteiger partial charge >= 0.3 is 5.97 Å². The van der Waals surface area contributed by atoms with Crippen LogP contribution in [0.1, 0.15) is 16.4 Å². The fourth-order valence-corrected chi connectivity index (χ4v) is 1.95. The fraction of sp³-hybridized carbons (Fsp3) is 0.0769. The van der Waals surface area contributed by atoms with Gasteiger partial charge in [0.15, 0.2) is 17.3 Å². The Hall–Kier alpha value is -2.56. The van der Waals surface area contributed by atoms with Crippen LogP contribution in [0, 0.1) is 6.92 Å². The predicted molar refractivity (Wildman–Crippen MR) is 65.5 cm³/mol. The van der Waals surface area contributed by atoms with E-state index in [4.69, 9.17) is 9.52 Å². The molecule has 0 atom stereocenters. The zero-order valence-electron chi connectivity index (χ0n) is 9.60. The highest BCUT2D eigenvalue weighted by Crippen LogP contribution is 2.27. The molecular formula is C13H10N2O3. The van der Waals surface area contributed by atoms with Gasteiger partial charge in [-0.15, -0.1) is 0 Å². The summed E-state index contributed by atoms with van der Waals surface area (Å²) in [4.78, 5) is 18.1. The summed E-state index contributed by atoms with van der Waals surface area (Å²) in [7, 11) is 0. The smallest absolute Gasteiger partial charge is 0.358 e. The number of para-hydroxylation sites is 1. The average Bonchev–Trinajstić information content (AvgIpc) is 2.91. The summed E-state index contributed by atoms with van der Waals surface area (Å²) in [6, 6.07) is 9.54. The van der Waals surface area contributed by atoms with Crippen LogP contribution in [0.3, 0.4) is 0 Å². The standard InChI is InChI=1S/C13H10N2O3/c1-7-14-11(13(16)17)12(18-7)10-6-8-4-2-3-5-9(8)15-10/h2-6,15H,1H3,(H,16,17). The van der Waals surface area contributed by atoms with Gasteiger partial charge in [0, 0.05) is 17.8 Å². The Morgan fingerprint density at radius 1 is 1.39 bits per heavy atom. The molecule has 2 aromatic heterocycles. The molecule has 0 bridgehead atoms. The van der Waals surface area contributed by atoms with E-state index in [9.17, 15) is 4.79 Å². The van der Waals surface area contributed by atoms with Gasteiger partial charge in [0.2, 0.25) is 0 Å². The number of aromatic amines is 1. The van der Waals surface area contributed by atoms with Gasteiger partial charge in [-0.1, -0.05) is 18.2 Å². The highest BCUT2D eigenvalue weighted by molar-refractivity contribution is 5.94. The van der Waals surface area contributed by atoms with E-state index < -0.39 is 5.97 Å². The highest BCUT2D eigenvalue weighted by Gasteiger charge is 2.20. The molecule has 0 aliphatic heterocycles. The first-order valence-electron chi connectivity index (χ1n) is 5.44. The Balaban J connectivity index is 2.22. The first kappa shape index (κ1) is 10.6. The number of nitrogens with zero attached hydrogens (tertiary/aromatic N) is 1. The number of hydrogen-bond acceptors (Lipinski definition) is 3. The van der Waals surface area contributed by atoms with E-state index in [-0.39, 0.29) is 11.5 Å². The number of nitrogens with one attached hydrogen (secondary N) is 1. The molecule has 0 aliphatic rings. The van der Waals surface area contributed by atoms with Crippen molar-refractivity contribution in [3.63, 3.8) is 0 Å². The number of carboxylic acids is 1. The molecule has 0 amide bonds. The number of aryl methyl sites for hydroxylation is 1. The third-order valence-electron chi connectivity index (χ3n) is 2.71. The summed E-state index contributed by atoms with van der Waals surface area (Å²) in [5.41, 5.74) is 1.48. The number of H-pyrrole nitrogens is 1. The summed E-state index contributed by atoms with van der Waals surface area (Å²) in [6.07, 6.45) is 0. The summed E-state index contributed by atoms with van der Waals surface area (Å²) in [6.45, 7) is 1.62. The molecular weight excluding hydrogens is 232 g/mol. The lowest BCUT2D eigenvalue weighted by atomic mass is 10.2. The normalized spacial score (nSPS) is 10.9. The number of aromatic nitrogens is 2. The largest absolute Gasteiger partial charge is 0.476 e. The molecule has 0 aliphatic carbocycles. The number of rotatable bonds is 2. The molecule has 90 valence electrons. The van der Waals surface area contributed by atoms with Crippen molar-refractivity contribution in [3.8, 4) is 11.5 Å². The third kappa shape index (κ3) is 1.57. The Morgan fingerprint density at radius 2 is 2.17 bits per heavy atom. The molecule has 3 aromatic rings. The van der Waals surface area contributed by atoms with E-state index >= 15 is 0 Å². The minimum absolute atomic E-state index is 0.0703. The topological polar surface area (TPSA) is 79.1 Å². The lowest BCUT2D eigenvalue weighted by molar-refractivity contribution is 0.0691. The van der Waals surface area contributed by atoms with Gasteiger partial charge < -0.3 is 14.5 Å². The van der Waals surface area contributed by atoms with E-state index in [1.807, 2.05) is 30.3 Å². The van der Waals surface area contributed by atoms with E-state index in [0.29, 0.717) is 11.6 Å². The zero-order chi connectivity index (χ0) is 12.7. The average molecular weight is 242 g/mol. The quantitative estimate of drug-likeness (QED) is 0.724. The van der Waals surface area contributed by atoms with E-state index in [0.717, 1.165) is 10.9 Å². The lowest BCUT2D eigenvalue weighted by Gasteiger charge is -1.92. The van der Waals surface area contributed by atoms with Crippen LogP contribution >= 0.6 is 0 Å². The Labute approximate surface area is 102 Å². The monoisotopic (exact) mass is 242 g/mol. The highest BCUT2D eigenvalue weighted by atomic mass is 16.4. The van der Waals surface area contributed by atoms with E-state index in [1.54, 1.807) is 6.92 Å². The van der Waals surface area contributed by atoms with Gasteiger partial charge in [0.1, 0.15) is 0 Å². The van der Waals surface area contributed by atoms with Gasteiger partial charge in [-0.2, -0.15) is 0 Å². The van der Waals surface area contributed by atoms with Crippen molar-refractivity contribution < 1.29 is 14.3 Å². The van der Waals surface area contributed by atoms with Gasteiger partial charge in [0.25, 0.3) is 0 Å². The number of oxazole rings is 1. The van der Waals surface area contributed by atoms with Crippen molar-refractivity contribution in [1.82, 2.24) is 9.97 Å². The van der Waals surface area contributed by atoms with Crippen molar-refractivity contribution >= 4 is 16.9 Å². The molecule has 1 aromatic carbocycles. The van der Waals surface area contributed by atoms with Crippen molar-refractivity contribution in [2.75, 3.05) is 0 Å². The molecule has 0 unspecified atom stereocenters. The molecule has 5 nitrogen and oxygen atoms in total. The molecule has 0 fully saturated rings. The maximum Gasteiger partial charge on any atom is 0.358 e. The molecule has 0 saturated carbocycles. The second-order valence-electron chi connectivity index (χ2n) is 3.99. The Bertz CT molecular complexity index is 707. The minimum atomic E-state index is -1.10. The number of carbonyl (C=O) groups is 1. The maximum absolute atomic E-state index is 11.1. The van der Waals surface area contributed by atoms with Crippen LogP contribution in [0.2, 0.25) is 0 Å². The van der Waals surface area contributed by atoms with Crippen molar-refractivity contribution in [1.29, 1.82) is 0 Å². The second kappa shape index (κ2) is 3.73. The molecule has 0 spiro atoms. The van der Waals surface area contributed by atoms with Crippen molar-refractivity contribution in [2.45, 2.75) is 6.92 Å². The number of benzene rings is 1. The van der Waals surface area contributed by atoms with Crippen LogP contribution in [-0.4, -0.2) is 21.0 Å². The fourth-order valence-electron chi connectivity index (χ4n) is 1.95. The Kier molecular flexibility index (Phi) is 2.19. The minimum Gasteiger partial charge on any atom is -0.476 e. The van der Waals surface area contributed by atoms with Crippen LogP contribution < -0.4 is 0 Å². The molecule has 2 N–H and O–H groups in total. The first-order chi connectivity index (χ1) is 8.65. The predicted octanol–water partition coefficient (Wildman–Crippen LogP) is 2.83. The van der Waals surface area contributed by atoms with E-state index in [1.165, 1.54) is 0 Å². The van der Waals surface area contributed by atoms with Crippen molar-refractivity contribution in [3.05, 3.63) is 41.9 Å². The summed E-state index contributed by atoms with van der Waals surface area (Å²) >= 11 is 0. The first-order valence-corrected chi connectivity index (χ1v) is 5.44. The molecule has 2 heterocycles. The van der Waals surface area contributed by atoms with Crippen LogP contribution in [0.15, 0.2) is 34.7 Å². The van der Waals surface area contributed by atoms with Gasteiger partial charge in [-0.25, -0.2) is 9.78 Å². The van der Waals surface area contributed by atoms with Gasteiger partial charge in [0.05, 0.1) is 5.69 Å². The molecule has 0 saturated heterocycles. The number of carboxylic acid groups (broad SMARTS) is 1. The maximum atomic E-state index is 11.1. The number of fused-ring (bicyclic) bond motifs is 1. The third-order valence-corrected chi connectivity index (χ3v) is 2.71. The van der Waals surface area contributed by atoms with Crippen molar-refractivity contribution in [2.24, 2.45) is 0 Å². The van der Waals surface area contributed by atoms with Crippen LogP contribution in [-0.2, 0) is 0 Å². The van der Waals surface area contributed by atoms with Gasteiger partial charge in [-0.05, 0) is 12.1 Å². The molecule has 5 heteroatoms. The van der Waals surface area contributed by atoms with Crippen LogP contribution in [0.5, 0.6) is 0 Å². The molecule has 0 radical (unpaired) electrons. The van der Waals surface area contributed by atoms with Crippen LogP contribution in [0.25, 0.3) is 22.4 Å². The second-order valence-corrected chi connectivity index (χ2v) is 3.99. The molecule has 18 heavy (non-hydrogen) atoms. The Morgan fingerprint density at radius 3 is 2.89 bits per heavy atom. The number of hydrogen-bond donors (Lipinski definition) is 2. The molecule has 3 rings (SSSR count).